The predicted octanol–water partition coefficient (Wildman–Crippen LogP) is 2.17. The lowest BCUT2D eigenvalue weighted by Gasteiger charge is -2.10. The first-order chi connectivity index (χ1) is 9.06. The van der Waals surface area contributed by atoms with Gasteiger partial charge in [-0.1, -0.05) is 12.1 Å². The lowest BCUT2D eigenvalue weighted by molar-refractivity contribution is -0.114. The predicted molar refractivity (Wildman–Crippen MR) is 76.1 cm³/mol. The van der Waals surface area contributed by atoms with Crippen LogP contribution in [0.3, 0.4) is 0 Å². The van der Waals surface area contributed by atoms with Gasteiger partial charge in [-0.05, 0) is 17.7 Å². The van der Waals surface area contributed by atoms with Crippen LogP contribution in [-0.2, 0) is 4.79 Å². The summed E-state index contributed by atoms with van der Waals surface area (Å²) in [4.78, 5) is 21.4. The van der Waals surface area contributed by atoms with Crippen molar-refractivity contribution >= 4 is 17.5 Å². The zero-order chi connectivity index (χ0) is 13.8. The van der Waals surface area contributed by atoms with Gasteiger partial charge in [0.05, 0.1) is 0 Å². The Hall–Kier alpha value is -2.43. The molecule has 19 heavy (non-hydrogen) atoms. The molecule has 1 N–H and O–H groups in total. The molecule has 0 aliphatic rings. The molecule has 2 rings (SSSR count). The standard InChI is InChI=1S/C14H16N4O/c1-10(19)17-13-6-4-5-11(7-13)12-8-15-14(16-9-12)18(2)3/h4-9H,1-3H3,(H,17,19). The number of anilines is 2. The minimum Gasteiger partial charge on any atom is -0.347 e. The summed E-state index contributed by atoms with van der Waals surface area (Å²) < 4.78 is 0. The van der Waals surface area contributed by atoms with Crippen LogP contribution in [0.25, 0.3) is 11.1 Å². The second kappa shape index (κ2) is 5.48. The summed E-state index contributed by atoms with van der Waals surface area (Å²) in [7, 11) is 3.79. The Morgan fingerprint density at radius 3 is 2.42 bits per heavy atom. The van der Waals surface area contributed by atoms with Gasteiger partial charge in [0.1, 0.15) is 0 Å². The van der Waals surface area contributed by atoms with Crippen LogP contribution in [-0.4, -0.2) is 30.0 Å². The minimum atomic E-state index is -0.0867. The molecule has 0 spiro atoms. The van der Waals surface area contributed by atoms with E-state index in [-0.39, 0.29) is 5.91 Å². The van der Waals surface area contributed by atoms with E-state index in [0.29, 0.717) is 5.95 Å². The number of benzene rings is 1. The van der Waals surface area contributed by atoms with E-state index in [0.717, 1.165) is 16.8 Å². The smallest absolute Gasteiger partial charge is 0.224 e. The third-order valence-electron chi connectivity index (χ3n) is 2.55. The van der Waals surface area contributed by atoms with Crippen molar-refractivity contribution in [2.75, 3.05) is 24.3 Å². The number of nitrogens with zero attached hydrogens (tertiary/aromatic N) is 3. The van der Waals surface area contributed by atoms with Crippen molar-refractivity contribution in [2.45, 2.75) is 6.92 Å². The Labute approximate surface area is 112 Å². The molecule has 98 valence electrons. The number of aromatic nitrogens is 2. The zero-order valence-electron chi connectivity index (χ0n) is 11.2. The van der Waals surface area contributed by atoms with E-state index in [4.69, 9.17) is 0 Å². The molecule has 0 aliphatic heterocycles. The highest BCUT2D eigenvalue weighted by atomic mass is 16.1. The second-order valence-electron chi connectivity index (χ2n) is 4.43. The Bertz CT molecular complexity index is 578. The van der Waals surface area contributed by atoms with Crippen molar-refractivity contribution < 1.29 is 4.79 Å². The Balaban J connectivity index is 2.28. The fourth-order valence-electron chi connectivity index (χ4n) is 1.68. The van der Waals surface area contributed by atoms with E-state index in [1.807, 2.05) is 43.3 Å². The molecule has 5 heteroatoms. The normalized spacial score (nSPS) is 10.1. The van der Waals surface area contributed by atoms with Crippen molar-refractivity contribution in [3.8, 4) is 11.1 Å². The van der Waals surface area contributed by atoms with Crippen LogP contribution in [0.15, 0.2) is 36.7 Å². The Morgan fingerprint density at radius 1 is 1.16 bits per heavy atom. The molecule has 5 nitrogen and oxygen atoms in total. The number of rotatable bonds is 3. The monoisotopic (exact) mass is 256 g/mol. The van der Waals surface area contributed by atoms with E-state index in [1.54, 1.807) is 12.4 Å². The van der Waals surface area contributed by atoms with Gasteiger partial charge >= 0.3 is 0 Å². The molecule has 2 aromatic rings. The van der Waals surface area contributed by atoms with Crippen molar-refractivity contribution in [3.05, 3.63) is 36.7 Å². The van der Waals surface area contributed by atoms with Gasteiger partial charge in [-0.3, -0.25) is 4.79 Å². The quantitative estimate of drug-likeness (QED) is 0.914. The third kappa shape index (κ3) is 3.28. The van der Waals surface area contributed by atoms with Gasteiger partial charge in [0.2, 0.25) is 11.9 Å². The molecule has 0 fully saturated rings. The molecule has 1 heterocycles. The minimum absolute atomic E-state index is 0.0867. The lowest BCUT2D eigenvalue weighted by atomic mass is 10.1. The molecule has 0 unspecified atom stereocenters. The summed E-state index contributed by atoms with van der Waals surface area (Å²) in [5.74, 6) is 0.582. The van der Waals surface area contributed by atoms with Gasteiger partial charge in [-0.2, -0.15) is 0 Å². The zero-order valence-corrected chi connectivity index (χ0v) is 11.2. The Kier molecular flexibility index (Phi) is 3.75. The molecule has 0 bridgehead atoms. The summed E-state index contributed by atoms with van der Waals surface area (Å²) in [5.41, 5.74) is 2.65. The van der Waals surface area contributed by atoms with E-state index < -0.39 is 0 Å². The van der Waals surface area contributed by atoms with Crippen LogP contribution in [0.2, 0.25) is 0 Å². The van der Waals surface area contributed by atoms with Gasteiger partial charge < -0.3 is 10.2 Å². The average molecular weight is 256 g/mol. The number of nitrogens with one attached hydrogen (secondary N) is 1. The van der Waals surface area contributed by atoms with Gasteiger partial charge in [0.25, 0.3) is 0 Å². The molecule has 0 atom stereocenters. The molecule has 1 aromatic heterocycles. The molecule has 0 saturated heterocycles. The molecular weight excluding hydrogens is 240 g/mol. The van der Waals surface area contributed by atoms with Crippen molar-refractivity contribution in [3.63, 3.8) is 0 Å². The summed E-state index contributed by atoms with van der Waals surface area (Å²) in [6.07, 6.45) is 3.55. The third-order valence-corrected chi connectivity index (χ3v) is 2.55. The van der Waals surface area contributed by atoms with Crippen LogP contribution < -0.4 is 10.2 Å². The van der Waals surface area contributed by atoms with E-state index in [9.17, 15) is 4.79 Å². The fraction of sp³-hybridized carbons (Fsp3) is 0.214. The second-order valence-corrected chi connectivity index (χ2v) is 4.43. The first kappa shape index (κ1) is 13.0. The van der Waals surface area contributed by atoms with Gasteiger partial charge in [0, 0.05) is 44.7 Å². The van der Waals surface area contributed by atoms with Crippen molar-refractivity contribution in [1.29, 1.82) is 0 Å². The van der Waals surface area contributed by atoms with Crippen LogP contribution in [0.4, 0.5) is 11.6 Å². The van der Waals surface area contributed by atoms with Crippen LogP contribution >= 0.6 is 0 Å². The van der Waals surface area contributed by atoms with Gasteiger partial charge in [-0.15, -0.1) is 0 Å². The molecular formula is C14H16N4O. The Morgan fingerprint density at radius 2 is 1.84 bits per heavy atom. The molecule has 0 aliphatic carbocycles. The first-order valence-corrected chi connectivity index (χ1v) is 5.93. The molecule has 0 saturated carbocycles. The highest BCUT2D eigenvalue weighted by Gasteiger charge is 2.03. The topological polar surface area (TPSA) is 58.1 Å². The summed E-state index contributed by atoms with van der Waals surface area (Å²) >= 11 is 0. The number of hydrogen-bond acceptors (Lipinski definition) is 4. The number of carbonyl (C=O) groups is 1. The van der Waals surface area contributed by atoms with Gasteiger partial charge in [-0.25, -0.2) is 9.97 Å². The van der Waals surface area contributed by atoms with E-state index >= 15 is 0 Å². The summed E-state index contributed by atoms with van der Waals surface area (Å²) in [5, 5.41) is 2.76. The molecule has 1 amide bonds. The van der Waals surface area contributed by atoms with Gasteiger partial charge in [0.15, 0.2) is 0 Å². The summed E-state index contributed by atoms with van der Waals surface area (Å²) in [6, 6.07) is 7.59. The highest BCUT2D eigenvalue weighted by Crippen LogP contribution is 2.22. The fourth-order valence-corrected chi connectivity index (χ4v) is 1.68. The number of hydrogen-bond donors (Lipinski definition) is 1. The van der Waals surface area contributed by atoms with Crippen LogP contribution in [0.1, 0.15) is 6.92 Å². The maximum absolute atomic E-state index is 11.0. The van der Waals surface area contributed by atoms with Crippen LogP contribution in [0, 0.1) is 0 Å². The lowest BCUT2D eigenvalue weighted by Crippen LogP contribution is -2.12. The van der Waals surface area contributed by atoms with Crippen molar-refractivity contribution in [2.24, 2.45) is 0 Å². The highest BCUT2D eigenvalue weighted by molar-refractivity contribution is 5.89. The number of carbonyl (C=O) groups excluding carboxylic acids is 1. The molecule has 1 aromatic carbocycles. The van der Waals surface area contributed by atoms with E-state index in [2.05, 4.69) is 15.3 Å². The van der Waals surface area contributed by atoms with Crippen molar-refractivity contribution in [1.82, 2.24) is 9.97 Å². The summed E-state index contributed by atoms with van der Waals surface area (Å²) in [6.45, 7) is 1.49. The first-order valence-electron chi connectivity index (χ1n) is 5.93. The maximum atomic E-state index is 11.0. The van der Waals surface area contributed by atoms with Crippen LogP contribution in [0.5, 0.6) is 0 Å². The largest absolute Gasteiger partial charge is 0.347 e. The van der Waals surface area contributed by atoms with E-state index in [1.165, 1.54) is 6.92 Å². The average Bonchev–Trinajstić information content (AvgIpc) is 2.38. The molecule has 0 radical (unpaired) electrons. The SMILES string of the molecule is CC(=O)Nc1cccc(-c2cnc(N(C)C)nc2)c1. The maximum Gasteiger partial charge on any atom is 0.224 e. The number of amides is 1.